The molecule has 0 aromatic carbocycles. The van der Waals surface area contributed by atoms with Crippen LogP contribution in [-0.4, -0.2) is 30.9 Å². The number of aromatic nitrogens is 4. The van der Waals surface area contributed by atoms with E-state index in [1.807, 2.05) is 0 Å². The number of aromatic carboxylic acids is 1. The molecule has 0 atom stereocenters. The highest BCUT2D eigenvalue weighted by molar-refractivity contribution is 5.88. The van der Waals surface area contributed by atoms with Gasteiger partial charge in [0.1, 0.15) is 0 Å². The van der Waals surface area contributed by atoms with Gasteiger partial charge in [0.2, 0.25) is 5.69 Å². The Morgan fingerprint density at radius 2 is 2.17 bits per heavy atom. The predicted octanol–water partition coefficient (Wildman–Crippen LogP) is 1.40. The molecule has 2 aromatic rings. The molecule has 2 rings (SSSR count). The lowest BCUT2D eigenvalue weighted by Crippen LogP contribution is -2.13. The Bertz CT molecular complexity index is 620. The molecule has 9 heteroatoms. The van der Waals surface area contributed by atoms with Crippen LogP contribution in [0.4, 0.5) is 13.2 Å². The monoisotopic (exact) mass is 260 g/mol. The van der Waals surface area contributed by atoms with Crippen LogP contribution in [0.15, 0.2) is 6.20 Å². The average molecular weight is 260 g/mol. The van der Waals surface area contributed by atoms with Crippen molar-refractivity contribution in [3.8, 4) is 0 Å². The normalized spacial score (nSPS) is 12.0. The van der Waals surface area contributed by atoms with Crippen LogP contribution in [0.3, 0.4) is 0 Å². The van der Waals surface area contributed by atoms with E-state index in [4.69, 9.17) is 5.11 Å². The summed E-state index contributed by atoms with van der Waals surface area (Å²) in [7, 11) is 0. The van der Waals surface area contributed by atoms with E-state index in [9.17, 15) is 18.0 Å². The molecule has 2 aromatic heterocycles. The summed E-state index contributed by atoms with van der Waals surface area (Å²) < 4.78 is 38.3. The van der Waals surface area contributed by atoms with E-state index in [0.29, 0.717) is 10.9 Å². The van der Waals surface area contributed by atoms with Crippen molar-refractivity contribution in [3.63, 3.8) is 0 Å². The first-order chi connectivity index (χ1) is 8.36. The Morgan fingerprint density at radius 1 is 1.50 bits per heavy atom. The highest BCUT2D eigenvalue weighted by Gasteiger charge is 2.38. The van der Waals surface area contributed by atoms with Gasteiger partial charge in [-0.15, -0.1) is 5.10 Å². The van der Waals surface area contributed by atoms with Gasteiger partial charge in [-0.1, -0.05) is 12.1 Å². The summed E-state index contributed by atoms with van der Waals surface area (Å²) in [6, 6.07) is 0. The highest BCUT2D eigenvalue weighted by atomic mass is 19.4. The van der Waals surface area contributed by atoms with E-state index in [2.05, 4.69) is 15.3 Å². The average Bonchev–Trinajstić information content (AvgIpc) is 2.69. The molecule has 0 fully saturated rings. The number of alkyl halides is 3. The van der Waals surface area contributed by atoms with E-state index in [0.717, 1.165) is 6.20 Å². The summed E-state index contributed by atoms with van der Waals surface area (Å²) >= 11 is 0. The highest BCUT2D eigenvalue weighted by Crippen LogP contribution is 2.30. The number of carboxylic acids is 1. The molecule has 0 unspecified atom stereocenters. The molecule has 0 radical (unpaired) electrons. The van der Waals surface area contributed by atoms with Gasteiger partial charge in [-0.3, -0.25) is 0 Å². The van der Waals surface area contributed by atoms with Crippen LogP contribution in [0.5, 0.6) is 0 Å². The van der Waals surface area contributed by atoms with Gasteiger partial charge in [0.15, 0.2) is 11.3 Å². The molecule has 96 valence electrons. The number of carbonyl (C=O) groups is 1. The van der Waals surface area contributed by atoms with Crippen molar-refractivity contribution in [2.24, 2.45) is 0 Å². The lowest BCUT2D eigenvalue weighted by atomic mass is 10.2. The van der Waals surface area contributed by atoms with Crippen LogP contribution in [-0.2, 0) is 12.6 Å². The molecule has 0 saturated carbocycles. The number of fused-ring (bicyclic) bond motifs is 1. The fourth-order valence-electron chi connectivity index (χ4n) is 1.55. The zero-order valence-corrected chi connectivity index (χ0v) is 9.06. The number of rotatable bonds is 2. The zero-order valence-electron chi connectivity index (χ0n) is 9.06. The first kappa shape index (κ1) is 12.3. The van der Waals surface area contributed by atoms with Gasteiger partial charge < -0.3 is 5.11 Å². The zero-order chi connectivity index (χ0) is 13.5. The van der Waals surface area contributed by atoms with Crippen LogP contribution < -0.4 is 0 Å². The number of hydrogen-bond acceptors (Lipinski definition) is 4. The number of aryl methyl sites for hydroxylation is 1. The minimum atomic E-state index is -4.72. The van der Waals surface area contributed by atoms with Crippen molar-refractivity contribution >= 4 is 11.6 Å². The van der Waals surface area contributed by atoms with Crippen LogP contribution in [0.1, 0.15) is 28.7 Å². The van der Waals surface area contributed by atoms with Crippen molar-refractivity contribution in [3.05, 3.63) is 23.1 Å². The van der Waals surface area contributed by atoms with Gasteiger partial charge in [-0.05, 0) is 6.42 Å². The predicted molar refractivity (Wildman–Crippen MR) is 52.1 cm³/mol. The molecule has 18 heavy (non-hydrogen) atoms. The summed E-state index contributed by atoms with van der Waals surface area (Å²) in [6.07, 6.45) is -3.32. The van der Waals surface area contributed by atoms with E-state index in [1.54, 1.807) is 6.92 Å². The topological polar surface area (TPSA) is 80.4 Å². The van der Waals surface area contributed by atoms with Gasteiger partial charge in [-0.2, -0.15) is 17.7 Å². The molecular formula is C9H7F3N4O2. The van der Waals surface area contributed by atoms with E-state index in [1.165, 1.54) is 0 Å². The number of carboxylic acid groups (broad SMARTS) is 1. The SMILES string of the molecule is CCc1cnc2c(C(F)(F)F)nnn2c1C(=O)O. The van der Waals surface area contributed by atoms with E-state index < -0.39 is 23.5 Å². The van der Waals surface area contributed by atoms with Crippen LogP contribution in [0, 0.1) is 0 Å². The van der Waals surface area contributed by atoms with E-state index in [-0.39, 0.29) is 11.3 Å². The minimum absolute atomic E-state index is 0.286. The first-order valence-corrected chi connectivity index (χ1v) is 4.90. The van der Waals surface area contributed by atoms with Crippen molar-refractivity contribution in [2.45, 2.75) is 19.5 Å². The lowest BCUT2D eigenvalue weighted by Gasteiger charge is -2.05. The smallest absolute Gasteiger partial charge is 0.439 e. The second kappa shape index (κ2) is 3.93. The Kier molecular flexibility index (Phi) is 2.68. The molecule has 1 N–H and O–H groups in total. The maximum atomic E-state index is 12.6. The minimum Gasteiger partial charge on any atom is -0.476 e. The first-order valence-electron chi connectivity index (χ1n) is 4.90. The second-order valence-electron chi connectivity index (χ2n) is 3.46. The van der Waals surface area contributed by atoms with Crippen LogP contribution in [0.2, 0.25) is 0 Å². The molecule has 0 bridgehead atoms. The van der Waals surface area contributed by atoms with Gasteiger partial charge in [0, 0.05) is 11.8 Å². The number of halogens is 3. The molecule has 0 aliphatic carbocycles. The molecular weight excluding hydrogens is 253 g/mol. The Morgan fingerprint density at radius 3 is 2.67 bits per heavy atom. The summed E-state index contributed by atoms with van der Waals surface area (Å²) in [5.41, 5.74) is -1.98. The maximum absolute atomic E-state index is 12.6. The molecule has 0 saturated heterocycles. The number of hydrogen-bond donors (Lipinski definition) is 1. The molecule has 0 aliphatic rings. The third-order valence-electron chi connectivity index (χ3n) is 2.36. The van der Waals surface area contributed by atoms with Gasteiger partial charge in [0.05, 0.1) is 0 Å². The molecule has 0 amide bonds. The largest absolute Gasteiger partial charge is 0.476 e. The second-order valence-corrected chi connectivity index (χ2v) is 3.46. The van der Waals surface area contributed by atoms with Gasteiger partial charge in [0.25, 0.3) is 0 Å². The Balaban J connectivity index is 2.81. The van der Waals surface area contributed by atoms with Crippen LogP contribution >= 0.6 is 0 Å². The summed E-state index contributed by atoms with van der Waals surface area (Å²) in [5.74, 6) is -1.38. The summed E-state index contributed by atoms with van der Waals surface area (Å²) in [4.78, 5) is 14.6. The number of nitrogens with zero attached hydrogens (tertiary/aromatic N) is 4. The fourth-order valence-corrected chi connectivity index (χ4v) is 1.55. The van der Waals surface area contributed by atoms with Crippen molar-refractivity contribution in [1.29, 1.82) is 0 Å². The molecule has 2 heterocycles. The Hall–Kier alpha value is -2.19. The fraction of sp³-hybridized carbons (Fsp3) is 0.333. The molecule has 0 aliphatic heterocycles. The van der Waals surface area contributed by atoms with Crippen molar-refractivity contribution in [2.75, 3.05) is 0 Å². The lowest BCUT2D eigenvalue weighted by molar-refractivity contribution is -0.140. The summed E-state index contributed by atoms with van der Waals surface area (Å²) in [6.45, 7) is 1.66. The maximum Gasteiger partial charge on any atom is 0.439 e. The quantitative estimate of drug-likeness (QED) is 0.882. The van der Waals surface area contributed by atoms with Gasteiger partial charge in [-0.25, -0.2) is 9.78 Å². The van der Waals surface area contributed by atoms with E-state index >= 15 is 0 Å². The summed E-state index contributed by atoms with van der Waals surface area (Å²) in [5, 5.41) is 15.2. The molecule has 0 spiro atoms. The van der Waals surface area contributed by atoms with Crippen molar-refractivity contribution in [1.82, 2.24) is 19.8 Å². The standard InChI is InChI=1S/C9H7F3N4O2/c1-2-4-3-13-7-6(9(10,11)12)14-15-16(7)5(4)8(17)18/h3H,2H2,1H3,(H,17,18). The van der Waals surface area contributed by atoms with Crippen molar-refractivity contribution < 1.29 is 23.1 Å². The third kappa shape index (κ3) is 1.77. The Labute approximate surface area is 98.1 Å². The third-order valence-corrected chi connectivity index (χ3v) is 2.36. The molecule has 6 nitrogen and oxygen atoms in total. The van der Waals surface area contributed by atoms with Gasteiger partial charge >= 0.3 is 12.1 Å². The van der Waals surface area contributed by atoms with Crippen LogP contribution in [0.25, 0.3) is 5.65 Å².